The quantitative estimate of drug-likeness (QED) is 0.405. The monoisotopic (exact) mass is 503 g/mol. The SMILES string of the molecule is CCN1CCN([C@@H](c2cc3cc4c(cc3[nH]c2=O)OCO4)c2nnnn2Cc2ccc(OC)cc2)CC1. The molecule has 6 rings (SSSR count). The highest BCUT2D eigenvalue weighted by atomic mass is 16.7. The lowest BCUT2D eigenvalue weighted by Crippen LogP contribution is -2.49. The number of ether oxygens (including phenoxy) is 3. The summed E-state index contributed by atoms with van der Waals surface area (Å²) in [6.45, 7) is 7.24. The molecule has 0 aliphatic carbocycles. The number of fused-ring (bicyclic) bond motifs is 2. The summed E-state index contributed by atoms with van der Waals surface area (Å²) in [5.41, 5.74) is 2.16. The van der Waals surface area contributed by atoms with E-state index in [1.54, 1.807) is 11.8 Å². The van der Waals surface area contributed by atoms with E-state index in [1.807, 2.05) is 42.5 Å². The fourth-order valence-corrected chi connectivity index (χ4v) is 5.08. The molecule has 192 valence electrons. The molecule has 11 heteroatoms. The van der Waals surface area contributed by atoms with Gasteiger partial charge >= 0.3 is 0 Å². The number of tetrazole rings is 1. The molecule has 0 amide bonds. The molecule has 0 bridgehead atoms. The Labute approximate surface area is 213 Å². The lowest BCUT2D eigenvalue weighted by molar-refractivity contribution is 0.108. The zero-order chi connectivity index (χ0) is 25.4. The highest BCUT2D eigenvalue weighted by Crippen LogP contribution is 2.36. The Morgan fingerprint density at radius 1 is 1.05 bits per heavy atom. The van der Waals surface area contributed by atoms with Gasteiger partial charge in [0.1, 0.15) is 11.8 Å². The number of benzene rings is 2. The number of hydrogen-bond acceptors (Lipinski definition) is 9. The Kier molecular flexibility index (Phi) is 6.23. The van der Waals surface area contributed by atoms with E-state index >= 15 is 0 Å². The number of pyridine rings is 1. The Morgan fingerprint density at radius 3 is 2.54 bits per heavy atom. The lowest BCUT2D eigenvalue weighted by Gasteiger charge is -2.38. The zero-order valence-electron chi connectivity index (χ0n) is 20.9. The topological polar surface area (TPSA) is 111 Å². The molecule has 37 heavy (non-hydrogen) atoms. The summed E-state index contributed by atoms with van der Waals surface area (Å²) < 4.78 is 18.1. The molecule has 0 spiro atoms. The Morgan fingerprint density at radius 2 is 1.81 bits per heavy atom. The van der Waals surface area contributed by atoms with Crippen LogP contribution in [0.2, 0.25) is 0 Å². The van der Waals surface area contributed by atoms with Gasteiger partial charge in [0.2, 0.25) is 6.79 Å². The fourth-order valence-electron chi connectivity index (χ4n) is 5.08. The number of rotatable bonds is 7. The molecule has 1 fully saturated rings. The predicted octanol–water partition coefficient (Wildman–Crippen LogP) is 2.03. The van der Waals surface area contributed by atoms with Crippen molar-refractivity contribution in [1.82, 2.24) is 35.0 Å². The maximum atomic E-state index is 13.5. The second kappa shape index (κ2) is 9.83. The van der Waals surface area contributed by atoms with Crippen molar-refractivity contribution in [1.29, 1.82) is 0 Å². The normalized spacial score (nSPS) is 16.8. The zero-order valence-corrected chi connectivity index (χ0v) is 20.9. The van der Waals surface area contributed by atoms with E-state index in [2.05, 4.69) is 37.2 Å². The summed E-state index contributed by atoms with van der Waals surface area (Å²) >= 11 is 0. The molecule has 0 saturated carbocycles. The van der Waals surface area contributed by atoms with Gasteiger partial charge in [0.15, 0.2) is 17.3 Å². The summed E-state index contributed by atoms with van der Waals surface area (Å²) in [7, 11) is 1.64. The van der Waals surface area contributed by atoms with Gasteiger partial charge < -0.3 is 24.1 Å². The van der Waals surface area contributed by atoms with Gasteiger partial charge in [-0.3, -0.25) is 9.69 Å². The van der Waals surface area contributed by atoms with Crippen molar-refractivity contribution in [3.63, 3.8) is 0 Å². The molecular formula is C26H29N7O4. The van der Waals surface area contributed by atoms with Crippen molar-refractivity contribution in [2.45, 2.75) is 19.5 Å². The lowest BCUT2D eigenvalue weighted by atomic mass is 10.0. The molecule has 2 aliphatic rings. The molecule has 4 aromatic rings. The number of hydrogen-bond donors (Lipinski definition) is 1. The summed E-state index contributed by atoms with van der Waals surface area (Å²) in [4.78, 5) is 21.3. The standard InChI is InChI=1S/C26H29N7O4/c1-3-31-8-10-32(11-9-31)24(25-28-29-30-33(25)15-17-4-6-19(35-2)7-5-17)20-12-18-13-22-23(37-16-36-22)14-21(18)27-26(20)34/h4-7,12-14,24H,3,8-11,15-16H2,1-2H3,(H,27,34)/t24-/m0/s1. The number of likely N-dealkylation sites (N-methyl/N-ethyl adjacent to an activating group) is 1. The average Bonchev–Trinajstić information content (AvgIpc) is 3.58. The first-order chi connectivity index (χ1) is 18.1. The number of H-pyrrole nitrogens is 1. The van der Waals surface area contributed by atoms with Crippen LogP contribution < -0.4 is 19.8 Å². The molecule has 0 unspecified atom stereocenters. The van der Waals surface area contributed by atoms with Gasteiger partial charge in [-0.05, 0) is 46.8 Å². The van der Waals surface area contributed by atoms with Gasteiger partial charge in [0, 0.05) is 43.2 Å². The number of methoxy groups -OCH3 is 1. The largest absolute Gasteiger partial charge is 0.497 e. The number of piperazine rings is 1. The minimum atomic E-state index is -0.411. The number of aromatic amines is 1. The van der Waals surface area contributed by atoms with Crippen LogP contribution in [-0.2, 0) is 6.54 Å². The second-order valence-electron chi connectivity index (χ2n) is 9.26. The van der Waals surface area contributed by atoms with Crippen LogP contribution in [0.1, 0.15) is 29.9 Å². The third kappa shape index (κ3) is 4.51. The predicted molar refractivity (Wildman–Crippen MR) is 136 cm³/mol. The van der Waals surface area contributed by atoms with Crippen LogP contribution in [0.5, 0.6) is 17.2 Å². The highest BCUT2D eigenvalue weighted by molar-refractivity contribution is 5.83. The van der Waals surface area contributed by atoms with Gasteiger partial charge in [0.25, 0.3) is 5.56 Å². The first-order valence-corrected chi connectivity index (χ1v) is 12.4. The number of aromatic nitrogens is 5. The van der Waals surface area contributed by atoms with Crippen molar-refractivity contribution < 1.29 is 14.2 Å². The van der Waals surface area contributed by atoms with Crippen LogP contribution in [0.3, 0.4) is 0 Å². The molecule has 2 aromatic carbocycles. The van der Waals surface area contributed by atoms with Crippen molar-refractivity contribution in [3.8, 4) is 17.2 Å². The van der Waals surface area contributed by atoms with E-state index in [-0.39, 0.29) is 12.4 Å². The van der Waals surface area contributed by atoms with E-state index in [1.165, 1.54) is 0 Å². The van der Waals surface area contributed by atoms with Crippen molar-refractivity contribution in [3.05, 3.63) is 69.8 Å². The average molecular weight is 504 g/mol. The van der Waals surface area contributed by atoms with Gasteiger partial charge in [-0.1, -0.05) is 19.1 Å². The molecule has 2 aromatic heterocycles. The van der Waals surface area contributed by atoms with Crippen LogP contribution >= 0.6 is 0 Å². The molecule has 11 nitrogen and oxygen atoms in total. The van der Waals surface area contributed by atoms with Gasteiger partial charge in [-0.2, -0.15) is 0 Å². The van der Waals surface area contributed by atoms with E-state index in [9.17, 15) is 4.79 Å². The summed E-state index contributed by atoms with van der Waals surface area (Å²) in [5, 5.41) is 13.6. The summed E-state index contributed by atoms with van der Waals surface area (Å²) in [6.07, 6.45) is 0. The summed E-state index contributed by atoms with van der Waals surface area (Å²) in [6, 6.07) is 13.0. The third-order valence-electron chi connectivity index (χ3n) is 7.18. The van der Waals surface area contributed by atoms with Crippen molar-refractivity contribution >= 4 is 10.9 Å². The maximum absolute atomic E-state index is 13.5. The maximum Gasteiger partial charge on any atom is 0.253 e. The Bertz CT molecular complexity index is 1460. The molecule has 2 aliphatic heterocycles. The Balaban J connectivity index is 1.42. The van der Waals surface area contributed by atoms with E-state index in [0.29, 0.717) is 34.9 Å². The van der Waals surface area contributed by atoms with E-state index in [0.717, 1.165) is 49.4 Å². The number of nitrogens with one attached hydrogen (secondary N) is 1. The third-order valence-corrected chi connectivity index (χ3v) is 7.18. The first-order valence-electron chi connectivity index (χ1n) is 12.4. The molecule has 1 atom stereocenters. The van der Waals surface area contributed by atoms with Gasteiger partial charge in [-0.15, -0.1) is 5.10 Å². The minimum Gasteiger partial charge on any atom is -0.497 e. The number of nitrogens with zero attached hydrogens (tertiary/aromatic N) is 6. The van der Waals surface area contributed by atoms with Crippen LogP contribution in [0.25, 0.3) is 10.9 Å². The smallest absolute Gasteiger partial charge is 0.253 e. The van der Waals surface area contributed by atoms with Crippen LogP contribution in [0.4, 0.5) is 0 Å². The van der Waals surface area contributed by atoms with Crippen LogP contribution in [0.15, 0.2) is 47.3 Å². The molecule has 1 N–H and O–H groups in total. The molecular weight excluding hydrogens is 474 g/mol. The van der Waals surface area contributed by atoms with Crippen molar-refractivity contribution in [2.24, 2.45) is 0 Å². The Hall–Kier alpha value is -3.96. The van der Waals surface area contributed by atoms with Crippen molar-refractivity contribution in [2.75, 3.05) is 46.6 Å². The van der Waals surface area contributed by atoms with Crippen LogP contribution in [-0.4, -0.2) is 81.6 Å². The molecule has 4 heterocycles. The van der Waals surface area contributed by atoms with Gasteiger partial charge in [0.05, 0.1) is 19.2 Å². The highest BCUT2D eigenvalue weighted by Gasteiger charge is 2.32. The van der Waals surface area contributed by atoms with Gasteiger partial charge in [-0.25, -0.2) is 4.68 Å². The summed E-state index contributed by atoms with van der Waals surface area (Å²) in [5.74, 6) is 2.72. The molecule has 0 radical (unpaired) electrons. The fraction of sp³-hybridized carbons (Fsp3) is 0.385. The van der Waals surface area contributed by atoms with Crippen LogP contribution in [0, 0.1) is 0 Å². The minimum absolute atomic E-state index is 0.173. The second-order valence-corrected chi connectivity index (χ2v) is 9.26. The van der Waals surface area contributed by atoms with E-state index < -0.39 is 6.04 Å². The van der Waals surface area contributed by atoms with E-state index in [4.69, 9.17) is 14.2 Å². The first kappa shape index (κ1) is 23.4. The molecule has 1 saturated heterocycles.